The molecule has 1 saturated heterocycles. The van der Waals surface area contributed by atoms with Gasteiger partial charge >= 0.3 is 5.97 Å². The Morgan fingerprint density at radius 3 is 2.52 bits per heavy atom. The van der Waals surface area contributed by atoms with Gasteiger partial charge in [-0.2, -0.15) is 0 Å². The fraction of sp³-hybridized carbons (Fsp3) is 0.385. The molecule has 0 radical (unpaired) electrons. The molecule has 8 nitrogen and oxygen atoms in total. The molecule has 112 valence electrons. The van der Waals surface area contributed by atoms with E-state index in [4.69, 9.17) is 4.74 Å². The third-order valence-electron chi connectivity index (χ3n) is 3.29. The van der Waals surface area contributed by atoms with Crippen LogP contribution >= 0.6 is 0 Å². The summed E-state index contributed by atoms with van der Waals surface area (Å²) in [5.41, 5.74) is 0.134. The largest absolute Gasteiger partial charge is 0.467 e. The smallest absolute Gasteiger partial charge is 0.331 e. The first-order valence-corrected chi connectivity index (χ1v) is 6.20. The van der Waals surface area contributed by atoms with Crippen molar-refractivity contribution >= 4 is 17.6 Å². The number of nitro groups is 1. The van der Waals surface area contributed by atoms with Gasteiger partial charge in [0, 0.05) is 17.7 Å². The Kier molecular flexibility index (Phi) is 4.18. The maximum absolute atomic E-state index is 12.4. The number of esters is 1. The molecule has 8 heteroatoms. The molecule has 0 spiro atoms. The summed E-state index contributed by atoms with van der Waals surface area (Å²) in [6.07, 6.45) is -0.473. The lowest BCUT2D eigenvalue weighted by Gasteiger charge is -2.22. The van der Waals surface area contributed by atoms with E-state index in [0.29, 0.717) is 0 Å². The fourth-order valence-corrected chi connectivity index (χ4v) is 2.14. The van der Waals surface area contributed by atoms with Gasteiger partial charge in [0.05, 0.1) is 18.1 Å². The molecule has 1 aliphatic heterocycles. The summed E-state index contributed by atoms with van der Waals surface area (Å²) in [6, 6.07) is 4.34. The van der Waals surface area contributed by atoms with Crippen molar-refractivity contribution < 1.29 is 24.0 Å². The number of hydrogen-bond donors (Lipinski definition) is 0. The third kappa shape index (κ3) is 2.84. The molecule has 0 unspecified atom stereocenters. The summed E-state index contributed by atoms with van der Waals surface area (Å²) in [7, 11) is 1.24. The molecule has 1 amide bonds. The molecule has 1 heterocycles. The zero-order valence-electron chi connectivity index (χ0n) is 11.5. The number of ether oxygens (including phenoxy) is 2. The van der Waals surface area contributed by atoms with E-state index in [1.54, 1.807) is 6.92 Å². The van der Waals surface area contributed by atoms with Crippen LogP contribution in [0.25, 0.3) is 0 Å². The van der Waals surface area contributed by atoms with Crippen molar-refractivity contribution in [2.75, 3.05) is 13.8 Å². The van der Waals surface area contributed by atoms with Gasteiger partial charge in [0.1, 0.15) is 6.73 Å². The lowest BCUT2D eigenvalue weighted by Crippen LogP contribution is -2.45. The number of rotatable bonds is 3. The van der Waals surface area contributed by atoms with E-state index in [1.807, 2.05) is 0 Å². The molecular weight excluding hydrogens is 280 g/mol. The first kappa shape index (κ1) is 14.9. The minimum absolute atomic E-state index is 0.0310. The molecule has 1 aromatic carbocycles. The van der Waals surface area contributed by atoms with E-state index < -0.39 is 28.9 Å². The summed E-state index contributed by atoms with van der Waals surface area (Å²) in [6.45, 7) is 1.64. The van der Waals surface area contributed by atoms with Crippen molar-refractivity contribution in [2.24, 2.45) is 0 Å². The molecular formula is C13H14N2O6. The van der Waals surface area contributed by atoms with Crippen molar-refractivity contribution in [1.82, 2.24) is 4.90 Å². The lowest BCUT2D eigenvalue weighted by molar-refractivity contribution is -0.384. The van der Waals surface area contributed by atoms with Gasteiger partial charge in [0.25, 0.3) is 11.6 Å². The molecule has 0 aliphatic carbocycles. The summed E-state index contributed by atoms with van der Waals surface area (Å²) in [5.74, 6) is -1.00. The molecule has 0 aromatic heterocycles. The number of nitro benzene ring substituents is 1. The average Bonchev–Trinajstić information content (AvgIpc) is 2.87. The topological polar surface area (TPSA) is 99.0 Å². The maximum atomic E-state index is 12.4. The van der Waals surface area contributed by atoms with Crippen molar-refractivity contribution in [3.63, 3.8) is 0 Å². The van der Waals surface area contributed by atoms with E-state index in [0.717, 1.165) is 0 Å². The van der Waals surface area contributed by atoms with E-state index in [2.05, 4.69) is 4.74 Å². The average molecular weight is 294 g/mol. The maximum Gasteiger partial charge on any atom is 0.331 e. The fourth-order valence-electron chi connectivity index (χ4n) is 2.14. The van der Waals surface area contributed by atoms with E-state index in [-0.39, 0.29) is 18.0 Å². The van der Waals surface area contributed by atoms with Gasteiger partial charge in [0.2, 0.25) is 0 Å². The van der Waals surface area contributed by atoms with E-state index in [1.165, 1.54) is 36.3 Å². The zero-order chi connectivity index (χ0) is 15.6. The van der Waals surface area contributed by atoms with Crippen LogP contribution in [0.5, 0.6) is 0 Å². The van der Waals surface area contributed by atoms with Gasteiger partial charge < -0.3 is 9.47 Å². The van der Waals surface area contributed by atoms with Gasteiger partial charge in [-0.25, -0.2) is 4.79 Å². The first-order chi connectivity index (χ1) is 9.95. The zero-order valence-corrected chi connectivity index (χ0v) is 11.5. The van der Waals surface area contributed by atoms with Crippen molar-refractivity contribution in [3.05, 3.63) is 39.9 Å². The Labute approximate surface area is 120 Å². The molecule has 2 atom stereocenters. The van der Waals surface area contributed by atoms with Crippen LogP contribution in [0.1, 0.15) is 17.3 Å². The van der Waals surface area contributed by atoms with Crippen LogP contribution in [0.3, 0.4) is 0 Å². The normalized spacial score (nSPS) is 21.1. The highest BCUT2D eigenvalue weighted by molar-refractivity contribution is 5.97. The van der Waals surface area contributed by atoms with Crippen LogP contribution < -0.4 is 0 Å². The second-order valence-electron chi connectivity index (χ2n) is 4.55. The molecule has 1 fully saturated rings. The van der Waals surface area contributed by atoms with Gasteiger partial charge in [-0.15, -0.1) is 0 Å². The highest BCUT2D eigenvalue weighted by Gasteiger charge is 2.41. The molecule has 21 heavy (non-hydrogen) atoms. The second kappa shape index (κ2) is 5.88. The van der Waals surface area contributed by atoms with Crippen LogP contribution in [0.2, 0.25) is 0 Å². The minimum atomic E-state index is -0.822. The van der Waals surface area contributed by atoms with Gasteiger partial charge in [-0.05, 0) is 19.1 Å². The number of non-ortho nitro benzene ring substituents is 1. The van der Waals surface area contributed by atoms with Crippen LogP contribution in [0, 0.1) is 10.1 Å². The molecule has 0 N–H and O–H groups in total. The molecule has 1 aliphatic rings. The summed E-state index contributed by atoms with van der Waals surface area (Å²) in [5, 5.41) is 10.6. The van der Waals surface area contributed by atoms with Gasteiger partial charge in [-0.3, -0.25) is 19.8 Å². The molecule has 2 rings (SSSR count). The van der Waals surface area contributed by atoms with Crippen LogP contribution in [0.15, 0.2) is 24.3 Å². The third-order valence-corrected chi connectivity index (χ3v) is 3.29. The second-order valence-corrected chi connectivity index (χ2v) is 4.55. The van der Waals surface area contributed by atoms with Crippen molar-refractivity contribution in [3.8, 4) is 0 Å². The Hall–Kier alpha value is -2.48. The predicted octanol–water partition coefficient (Wildman–Crippen LogP) is 0.955. The number of benzene rings is 1. The van der Waals surface area contributed by atoms with Crippen LogP contribution in [0.4, 0.5) is 5.69 Å². The number of nitrogens with zero attached hydrogens (tertiary/aromatic N) is 2. The Morgan fingerprint density at radius 2 is 2.00 bits per heavy atom. The standard InChI is InChI=1S/C13H14N2O6/c1-8-11(13(17)20-2)14(7-21-8)12(16)9-3-5-10(6-4-9)15(18)19/h3-6,8,11H,7H2,1-2H3/t8-,11+/m1/s1. The summed E-state index contributed by atoms with van der Waals surface area (Å²) >= 11 is 0. The van der Waals surface area contributed by atoms with Crippen LogP contribution in [-0.4, -0.2) is 47.7 Å². The number of carbonyl (C=O) groups is 2. The molecule has 0 bridgehead atoms. The summed E-state index contributed by atoms with van der Waals surface area (Å²) in [4.78, 5) is 35.4. The quantitative estimate of drug-likeness (QED) is 0.467. The van der Waals surface area contributed by atoms with Gasteiger partial charge in [-0.1, -0.05) is 0 Å². The highest BCUT2D eigenvalue weighted by Crippen LogP contribution is 2.22. The summed E-state index contributed by atoms with van der Waals surface area (Å²) < 4.78 is 9.97. The van der Waals surface area contributed by atoms with E-state index >= 15 is 0 Å². The number of methoxy groups -OCH3 is 1. The predicted molar refractivity (Wildman–Crippen MR) is 70.5 cm³/mol. The minimum Gasteiger partial charge on any atom is -0.467 e. The monoisotopic (exact) mass is 294 g/mol. The van der Waals surface area contributed by atoms with Crippen LogP contribution in [-0.2, 0) is 14.3 Å². The lowest BCUT2D eigenvalue weighted by atomic mass is 10.1. The Bertz CT molecular complexity index is 571. The molecule has 1 aromatic rings. The SMILES string of the molecule is COC(=O)[C@@H]1[C@@H](C)OCN1C(=O)c1ccc([N+](=O)[O-])cc1. The highest BCUT2D eigenvalue weighted by atomic mass is 16.6. The Morgan fingerprint density at radius 1 is 1.38 bits per heavy atom. The molecule has 0 saturated carbocycles. The van der Waals surface area contributed by atoms with Gasteiger partial charge in [0.15, 0.2) is 6.04 Å². The first-order valence-electron chi connectivity index (χ1n) is 6.20. The van der Waals surface area contributed by atoms with Crippen molar-refractivity contribution in [2.45, 2.75) is 19.1 Å². The Balaban J connectivity index is 2.22. The number of amides is 1. The number of hydrogen-bond acceptors (Lipinski definition) is 6. The van der Waals surface area contributed by atoms with E-state index in [9.17, 15) is 19.7 Å². The van der Waals surface area contributed by atoms with Crippen molar-refractivity contribution in [1.29, 1.82) is 0 Å². The number of carbonyl (C=O) groups excluding carboxylic acids is 2.